The quantitative estimate of drug-likeness (QED) is 0.802. The number of rotatable bonds is 4. The van der Waals surface area contributed by atoms with E-state index >= 15 is 0 Å². The molecule has 0 spiro atoms. The van der Waals surface area contributed by atoms with Crippen LogP contribution in [0.3, 0.4) is 0 Å². The number of nitrogens with zero attached hydrogens (tertiary/aromatic N) is 2. The van der Waals surface area contributed by atoms with Gasteiger partial charge in [0.25, 0.3) is 0 Å². The van der Waals surface area contributed by atoms with Crippen molar-refractivity contribution in [3.05, 3.63) is 40.8 Å². The predicted molar refractivity (Wildman–Crippen MR) is 88.9 cm³/mol. The highest BCUT2D eigenvalue weighted by Crippen LogP contribution is 2.29. The Hall–Kier alpha value is -2.14. The van der Waals surface area contributed by atoms with Crippen LogP contribution >= 0.6 is 11.3 Å². The summed E-state index contributed by atoms with van der Waals surface area (Å²) in [4.78, 5) is 21.6. The van der Waals surface area contributed by atoms with E-state index in [1.54, 1.807) is 11.3 Å². The lowest BCUT2D eigenvalue weighted by Crippen LogP contribution is -2.26. The molecule has 3 heterocycles. The number of carbonyl (C=O) groups excluding carboxylic acids is 1. The molecule has 4 nitrogen and oxygen atoms in total. The normalized spacial score (nSPS) is 15.1. The summed E-state index contributed by atoms with van der Waals surface area (Å²) < 4.78 is 0. The van der Waals surface area contributed by atoms with Crippen LogP contribution in [0, 0.1) is 0 Å². The number of carbonyl (C=O) groups is 1. The van der Waals surface area contributed by atoms with Crippen LogP contribution in [0.1, 0.15) is 17.8 Å². The Balaban J connectivity index is 1.52. The van der Waals surface area contributed by atoms with E-state index in [2.05, 4.69) is 22.5 Å². The zero-order valence-electron chi connectivity index (χ0n) is 12.2. The Kier molecular flexibility index (Phi) is 3.42. The average molecular weight is 311 g/mol. The third-order valence-electron chi connectivity index (χ3n) is 4.18. The Morgan fingerprint density at radius 3 is 3.09 bits per heavy atom. The molecule has 1 saturated heterocycles. The van der Waals surface area contributed by atoms with Crippen molar-refractivity contribution < 1.29 is 4.79 Å². The molecule has 1 aliphatic rings. The van der Waals surface area contributed by atoms with Gasteiger partial charge in [0, 0.05) is 54.0 Å². The van der Waals surface area contributed by atoms with Crippen LogP contribution in [-0.4, -0.2) is 33.9 Å². The average Bonchev–Trinajstić information content (AvgIpc) is 3.24. The van der Waals surface area contributed by atoms with Crippen molar-refractivity contribution >= 4 is 28.1 Å². The van der Waals surface area contributed by atoms with Crippen LogP contribution in [0.4, 0.5) is 0 Å². The second-order valence-corrected chi connectivity index (χ2v) is 6.55. The second-order valence-electron chi connectivity index (χ2n) is 5.61. The molecule has 0 bridgehead atoms. The second kappa shape index (κ2) is 5.57. The van der Waals surface area contributed by atoms with Crippen molar-refractivity contribution in [2.75, 3.05) is 13.1 Å². The number of thiazole rings is 1. The molecule has 112 valence electrons. The fourth-order valence-electron chi connectivity index (χ4n) is 3.00. The third kappa shape index (κ3) is 2.41. The molecule has 1 aromatic carbocycles. The molecule has 0 saturated carbocycles. The van der Waals surface area contributed by atoms with Gasteiger partial charge >= 0.3 is 0 Å². The number of amides is 1. The maximum absolute atomic E-state index is 11.6. The van der Waals surface area contributed by atoms with Crippen molar-refractivity contribution in [1.29, 1.82) is 0 Å². The van der Waals surface area contributed by atoms with Crippen molar-refractivity contribution in [3.63, 3.8) is 0 Å². The highest BCUT2D eigenvalue weighted by atomic mass is 32.1. The fourth-order valence-corrected chi connectivity index (χ4v) is 3.79. The lowest BCUT2D eigenvalue weighted by Gasteiger charge is -2.13. The number of H-pyrrole nitrogens is 1. The molecule has 1 N–H and O–H groups in total. The number of para-hydroxylation sites is 1. The van der Waals surface area contributed by atoms with Crippen LogP contribution in [0.25, 0.3) is 22.2 Å². The van der Waals surface area contributed by atoms with Gasteiger partial charge in [-0.2, -0.15) is 0 Å². The summed E-state index contributed by atoms with van der Waals surface area (Å²) >= 11 is 1.68. The van der Waals surface area contributed by atoms with Crippen molar-refractivity contribution in [3.8, 4) is 11.3 Å². The topological polar surface area (TPSA) is 49.0 Å². The van der Waals surface area contributed by atoms with Gasteiger partial charge in [0.15, 0.2) is 0 Å². The van der Waals surface area contributed by atoms with Gasteiger partial charge < -0.3 is 9.88 Å². The lowest BCUT2D eigenvalue weighted by atomic mass is 10.1. The molecule has 22 heavy (non-hydrogen) atoms. The third-order valence-corrected chi connectivity index (χ3v) is 5.09. The Labute approximate surface area is 132 Å². The van der Waals surface area contributed by atoms with E-state index in [0.717, 1.165) is 47.7 Å². The first-order valence-electron chi connectivity index (χ1n) is 7.60. The molecular formula is C17H17N3OS. The predicted octanol–water partition coefficient (Wildman–Crippen LogP) is 3.46. The SMILES string of the molecule is O=C1CCCN1CCc1nc(-c2c[nH]c3ccccc23)cs1. The smallest absolute Gasteiger partial charge is 0.222 e. The minimum atomic E-state index is 0.286. The van der Waals surface area contributed by atoms with Crippen molar-refractivity contribution in [1.82, 2.24) is 14.9 Å². The van der Waals surface area contributed by atoms with Gasteiger partial charge in [-0.3, -0.25) is 4.79 Å². The summed E-state index contributed by atoms with van der Waals surface area (Å²) in [6, 6.07) is 8.27. The molecule has 0 radical (unpaired) electrons. The van der Waals surface area contributed by atoms with E-state index < -0.39 is 0 Å². The first-order chi connectivity index (χ1) is 10.8. The zero-order chi connectivity index (χ0) is 14.9. The zero-order valence-corrected chi connectivity index (χ0v) is 13.0. The number of aromatic amines is 1. The number of nitrogens with one attached hydrogen (secondary N) is 1. The van der Waals surface area contributed by atoms with Gasteiger partial charge in [-0.05, 0) is 12.5 Å². The van der Waals surface area contributed by atoms with Crippen molar-refractivity contribution in [2.45, 2.75) is 19.3 Å². The maximum Gasteiger partial charge on any atom is 0.222 e. The van der Waals surface area contributed by atoms with E-state index in [4.69, 9.17) is 4.98 Å². The molecular weight excluding hydrogens is 294 g/mol. The molecule has 4 rings (SSSR count). The lowest BCUT2D eigenvalue weighted by molar-refractivity contribution is -0.127. The van der Waals surface area contributed by atoms with Crippen molar-refractivity contribution in [2.24, 2.45) is 0 Å². The summed E-state index contributed by atoms with van der Waals surface area (Å²) in [5.74, 6) is 0.286. The standard InChI is InChI=1S/C17H17N3OS/c21-17-6-3-8-20(17)9-7-16-19-15(11-22-16)13-10-18-14-5-2-1-4-12(13)14/h1-2,4-5,10-11,18H,3,6-9H2. The summed E-state index contributed by atoms with van der Waals surface area (Å²) in [6.07, 6.45) is 4.57. The fraction of sp³-hybridized carbons (Fsp3) is 0.294. The number of aromatic nitrogens is 2. The molecule has 0 unspecified atom stereocenters. The molecule has 5 heteroatoms. The molecule has 3 aromatic rings. The van der Waals surface area contributed by atoms with Crippen LogP contribution in [0.5, 0.6) is 0 Å². The number of likely N-dealkylation sites (tertiary alicyclic amines) is 1. The molecule has 0 aliphatic carbocycles. The summed E-state index contributed by atoms with van der Waals surface area (Å²) in [5.41, 5.74) is 3.30. The highest BCUT2D eigenvalue weighted by molar-refractivity contribution is 7.10. The molecule has 1 fully saturated rings. The Bertz CT molecular complexity index is 820. The van der Waals surface area contributed by atoms with E-state index in [0.29, 0.717) is 6.42 Å². The maximum atomic E-state index is 11.6. The van der Waals surface area contributed by atoms with E-state index in [1.807, 2.05) is 23.2 Å². The number of hydrogen-bond acceptors (Lipinski definition) is 3. The van der Waals surface area contributed by atoms with Gasteiger partial charge in [0.2, 0.25) is 5.91 Å². The molecule has 1 aliphatic heterocycles. The van der Waals surface area contributed by atoms with Crippen LogP contribution in [0.2, 0.25) is 0 Å². The van der Waals surface area contributed by atoms with E-state index in [-0.39, 0.29) is 5.91 Å². The number of hydrogen-bond donors (Lipinski definition) is 1. The molecule has 0 atom stereocenters. The minimum absolute atomic E-state index is 0.286. The van der Waals surface area contributed by atoms with Gasteiger partial charge in [-0.25, -0.2) is 4.98 Å². The largest absolute Gasteiger partial charge is 0.360 e. The summed E-state index contributed by atoms with van der Waals surface area (Å²) in [6.45, 7) is 1.69. The minimum Gasteiger partial charge on any atom is -0.360 e. The highest BCUT2D eigenvalue weighted by Gasteiger charge is 2.20. The monoisotopic (exact) mass is 311 g/mol. The van der Waals surface area contributed by atoms with Crippen LogP contribution in [0.15, 0.2) is 35.8 Å². The number of fused-ring (bicyclic) bond motifs is 1. The van der Waals surface area contributed by atoms with E-state index in [9.17, 15) is 4.79 Å². The molecule has 2 aromatic heterocycles. The first kappa shape index (κ1) is 13.5. The number of benzene rings is 1. The van der Waals surface area contributed by atoms with Gasteiger partial charge in [-0.15, -0.1) is 11.3 Å². The first-order valence-corrected chi connectivity index (χ1v) is 8.48. The summed E-state index contributed by atoms with van der Waals surface area (Å²) in [5, 5.41) is 4.41. The Morgan fingerprint density at radius 2 is 2.23 bits per heavy atom. The molecule has 1 amide bonds. The Morgan fingerprint density at radius 1 is 1.32 bits per heavy atom. The summed E-state index contributed by atoms with van der Waals surface area (Å²) in [7, 11) is 0. The van der Waals surface area contributed by atoms with Crippen LogP contribution in [-0.2, 0) is 11.2 Å². The van der Waals surface area contributed by atoms with E-state index in [1.165, 1.54) is 5.39 Å². The van der Waals surface area contributed by atoms with Gasteiger partial charge in [0.1, 0.15) is 0 Å². The van der Waals surface area contributed by atoms with Gasteiger partial charge in [-0.1, -0.05) is 18.2 Å². The van der Waals surface area contributed by atoms with Gasteiger partial charge in [0.05, 0.1) is 10.7 Å². The van der Waals surface area contributed by atoms with Crippen LogP contribution < -0.4 is 0 Å².